The van der Waals surface area contributed by atoms with Crippen LogP contribution in [0.15, 0.2) is 91.0 Å². The molecular weight excluding hydrogens is 402 g/mol. The Labute approximate surface area is 198 Å². The van der Waals surface area contributed by atoms with Gasteiger partial charge in [-0.1, -0.05) is 78.9 Å². The highest BCUT2D eigenvalue weighted by atomic mass is 15.2. The molecule has 0 unspecified atom stereocenters. The average molecular weight is 438 g/mol. The molecule has 3 heteroatoms. The molecule has 0 aliphatic heterocycles. The predicted molar refractivity (Wildman–Crippen MR) is 143 cm³/mol. The molecule has 4 aromatic rings. The zero-order chi connectivity index (χ0) is 23.6. The molecule has 0 spiro atoms. The fourth-order valence-corrected chi connectivity index (χ4v) is 4.13. The standard InChI is InChI=1S/C30H35N3/c1-29(2,3)31-26-25(22-16-10-7-11-17-22)27(23-18-12-8-13-19-23)33(24-20-14-9-15-21-24)28(26)32-30(4,5)6/h7-21,31-32H,1-6H3. The molecule has 0 atom stereocenters. The SMILES string of the molecule is CC(C)(C)Nc1c(-c2ccccc2)c(-c2ccccc2)n(-c2ccccc2)c1NC(C)(C)C. The lowest BCUT2D eigenvalue weighted by molar-refractivity contribution is 0.620. The van der Waals surface area contributed by atoms with E-state index in [2.05, 4.69) is 148 Å². The van der Waals surface area contributed by atoms with Crippen molar-refractivity contribution in [3.63, 3.8) is 0 Å². The smallest absolute Gasteiger partial charge is 0.136 e. The van der Waals surface area contributed by atoms with Gasteiger partial charge in [0.05, 0.1) is 11.4 Å². The zero-order valence-corrected chi connectivity index (χ0v) is 20.6. The molecule has 0 fully saturated rings. The maximum atomic E-state index is 3.86. The van der Waals surface area contributed by atoms with Crippen molar-refractivity contribution in [2.24, 2.45) is 0 Å². The van der Waals surface area contributed by atoms with Crippen LogP contribution in [0.4, 0.5) is 11.5 Å². The number of nitrogens with zero attached hydrogens (tertiary/aromatic N) is 1. The van der Waals surface area contributed by atoms with Crippen LogP contribution in [0.1, 0.15) is 41.5 Å². The lowest BCUT2D eigenvalue weighted by atomic mass is 9.98. The molecule has 0 saturated carbocycles. The van der Waals surface area contributed by atoms with E-state index in [1.165, 1.54) is 22.4 Å². The van der Waals surface area contributed by atoms with Crippen LogP contribution in [0.25, 0.3) is 28.1 Å². The number of benzene rings is 3. The number of rotatable bonds is 5. The average Bonchev–Trinajstić information content (AvgIpc) is 3.06. The molecule has 0 amide bonds. The van der Waals surface area contributed by atoms with Gasteiger partial charge in [-0.25, -0.2) is 0 Å². The number of aromatic nitrogens is 1. The fourth-order valence-electron chi connectivity index (χ4n) is 4.13. The summed E-state index contributed by atoms with van der Waals surface area (Å²) in [6.45, 7) is 13.3. The highest BCUT2D eigenvalue weighted by Crippen LogP contribution is 2.48. The number of anilines is 2. The lowest BCUT2D eigenvalue weighted by Gasteiger charge is -2.28. The molecular formula is C30H35N3. The summed E-state index contributed by atoms with van der Waals surface area (Å²) in [7, 11) is 0. The van der Waals surface area contributed by atoms with Crippen LogP contribution in [0.5, 0.6) is 0 Å². The second-order valence-corrected chi connectivity index (χ2v) is 10.6. The van der Waals surface area contributed by atoms with E-state index in [1.807, 2.05) is 0 Å². The second-order valence-electron chi connectivity index (χ2n) is 10.6. The molecule has 33 heavy (non-hydrogen) atoms. The zero-order valence-electron chi connectivity index (χ0n) is 20.6. The number of nitrogens with one attached hydrogen (secondary N) is 2. The molecule has 3 nitrogen and oxygen atoms in total. The Balaban J connectivity index is 2.18. The van der Waals surface area contributed by atoms with Gasteiger partial charge in [-0.05, 0) is 64.8 Å². The van der Waals surface area contributed by atoms with Gasteiger partial charge in [-0.15, -0.1) is 0 Å². The molecule has 1 heterocycles. The first-order valence-corrected chi connectivity index (χ1v) is 11.7. The van der Waals surface area contributed by atoms with Crippen LogP contribution >= 0.6 is 0 Å². The van der Waals surface area contributed by atoms with Gasteiger partial charge >= 0.3 is 0 Å². The maximum Gasteiger partial charge on any atom is 0.136 e. The van der Waals surface area contributed by atoms with Gasteiger partial charge in [-0.3, -0.25) is 4.57 Å². The van der Waals surface area contributed by atoms with Crippen molar-refractivity contribution in [1.82, 2.24) is 4.57 Å². The molecule has 170 valence electrons. The van der Waals surface area contributed by atoms with Crippen molar-refractivity contribution in [3.05, 3.63) is 91.0 Å². The molecule has 0 radical (unpaired) electrons. The first-order valence-electron chi connectivity index (χ1n) is 11.7. The van der Waals surface area contributed by atoms with Crippen LogP contribution in [-0.2, 0) is 0 Å². The van der Waals surface area contributed by atoms with Crippen LogP contribution in [0.2, 0.25) is 0 Å². The Hall–Kier alpha value is -3.46. The number of para-hydroxylation sites is 1. The van der Waals surface area contributed by atoms with Crippen LogP contribution in [-0.4, -0.2) is 15.6 Å². The molecule has 0 saturated heterocycles. The van der Waals surface area contributed by atoms with Gasteiger partial charge in [0.2, 0.25) is 0 Å². The van der Waals surface area contributed by atoms with Gasteiger partial charge in [0.25, 0.3) is 0 Å². The normalized spacial score (nSPS) is 11.9. The summed E-state index contributed by atoms with van der Waals surface area (Å²) in [5.41, 5.74) is 6.75. The molecule has 3 aromatic carbocycles. The van der Waals surface area contributed by atoms with Crippen molar-refractivity contribution in [2.75, 3.05) is 10.6 Å². The maximum absolute atomic E-state index is 3.86. The summed E-state index contributed by atoms with van der Waals surface area (Å²) in [6, 6.07) is 32.0. The molecule has 0 aliphatic carbocycles. The monoisotopic (exact) mass is 437 g/mol. The Morgan fingerprint density at radius 3 is 1.48 bits per heavy atom. The van der Waals surface area contributed by atoms with Gasteiger partial charge in [-0.2, -0.15) is 0 Å². The number of hydrogen-bond acceptors (Lipinski definition) is 2. The third-order valence-electron chi connectivity index (χ3n) is 5.29. The van der Waals surface area contributed by atoms with Crippen molar-refractivity contribution < 1.29 is 0 Å². The van der Waals surface area contributed by atoms with E-state index in [4.69, 9.17) is 0 Å². The van der Waals surface area contributed by atoms with E-state index in [0.717, 1.165) is 17.2 Å². The fraction of sp³-hybridized carbons (Fsp3) is 0.267. The van der Waals surface area contributed by atoms with Crippen molar-refractivity contribution in [1.29, 1.82) is 0 Å². The van der Waals surface area contributed by atoms with Crippen LogP contribution in [0, 0.1) is 0 Å². The predicted octanol–water partition coefficient (Wildman–Crippen LogP) is 8.23. The largest absolute Gasteiger partial charge is 0.377 e. The summed E-state index contributed by atoms with van der Waals surface area (Å²) in [4.78, 5) is 0. The first-order chi connectivity index (χ1) is 15.6. The van der Waals surface area contributed by atoms with E-state index >= 15 is 0 Å². The topological polar surface area (TPSA) is 29.0 Å². The third-order valence-corrected chi connectivity index (χ3v) is 5.29. The van der Waals surface area contributed by atoms with Crippen LogP contribution < -0.4 is 10.6 Å². The minimum Gasteiger partial charge on any atom is -0.377 e. The summed E-state index contributed by atoms with van der Waals surface area (Å²) < 4.78 is 2.37. The summed E-state index contributed by atoms with van der Waals surface area (Å²) in [6.07, 6.45) is 0. The minimum atomic E-state index is -0.124. The lowest BCUT2D eigenvalue weighted by Crippen LogP contribution is -2.30. The quantitative estimate of drug-likeness (QED) is 0.329. The molecule has 0 bridgehead atoms. The molecule has 1 aromatic heterocycles. The summed E-state index contributed by atoms with van der Waals surface area (Å²) >= 11 is 0. The molecule has 2 N–H and O–H groups in total. The van der Waals surface area contributed by atoms with Crippen LogP contribution in [0.3, 0.4) is 0 Å². The van der Waals surface area contributed by atoms with Crippen molar-refractivity contribution >= 4 is 11.5 Å². The Morgan fingerprint density at radius 2 is 1.00 bits per heavy atom. The van der Waals surface area contributed by atoms with Crippen molar-refractivity contribution in [2.45, 2.75) is 52.6 Å². The summed E-state index contributed by atoms with van der Waals surface area (Å²) in [5.74, 6) is 1.07. The van der Waals surface area contributed by atoms with Gasteiger partial charge in [0.15, 0.2) is 0 Å². The Morgan fingerprint density at radius 1 is 0.545 bits per heavy atom. The molecule has 4 rings (SSSR count). The third kappa shape index (κ3) is 5.14. The van der Waals surface area contributed by atoms with E-state index in [-0.39, 0.29) is 11.1 Å². The van der Waals surface area contributed by atoms with Gasteiger partial charge in [0, 0.05) is 22.3 Å². The minimum absolute atomic E-state index is 0.116. The second kappa shape index (κ2) is 8.82. The van der Waals surface area contributed by atoms with Gasteiger partial charge < -0.3 is 10.6 Å². The highest BCUT2D eigenvalue weighted by Gasteiger charge is 2.30. The van der Waals surface area contributed by atoms with Crippen molar-refractivity contribution in [3.8, 4) is 28.1 Å². The Kier molecular flexibility index (Phi) is 6.07. The molecule has 0 aliphatic rings. The first kappa shape index (κ1) is 22.7. The number of hydrogen-bond donors (Lipinski definition) is 2. The van der Waals surface area contributed by atoms with Gasteiger partial charge in [0.1, 0.15) is 5.82 Å². The Bertz CT molecular complexity index is 1120. The van der Waals surface area contributed by atoms with E-state index in [0.29, 0.717) is 0 Å². The van der Waals surface area contributed by atoms with E-state index < -0.39 is 0 Å². The van der Waals surface area contributed by atoms with E-state index in [1.54, 1.807) is 0 Å². The highest BCUT2D eigenvalue weighted by molar-refractivity contribution is 5.99. The van der Waals surface area contributed by atoms with E-state index in [9.17, 15) is 0 Å². The summed E-state index contributed by atoms with van der Waals surface area (Å²) in [5, 5.41) is 7.70.